The third-order valence-corrected chi connectivity index (χ3v) is 7.09. The van der Waals surface area contributed by atoms with Crippen LogP contribution in [0.3, 0.4) is 0 Å². The molecule has 0 saturated carbocycles. The summed E-state index contributed by atoms with van der Waals surface area (Å²) in [5.41, 5.74) is 7.67. The van der Waals surface area contributed by atoms with Crippen LogP contribution in [-0.4, -0.2) is 53.7 Å². The first kappa shape index (κ1) is 34.4. The van der Waals surface area contributed by atoms with Gasteiger partial charge in [0.05, 0.1) is 0 Å². The van der Waals surface area contributed by atoms with Gasteiger partial charge in [0.15, 0.2) is 0 Å². The van der Waals surface area contributed by atoms with Gasteiger partial charge in [0, 0.05) is 25.5 Å². The van der Waals surface area contributed by atoms with Crippen LogP contribution in [0.5, 0.6) is 0 Å². The highest BCUT2D eigenvalue weighted by atomic mass is 16.5. The zero-order valence-electron chi connectivity index (χ0n) is 25.2. The van der Waals surface area contributed by atoms with Gasteiger partial charge in [0.1, 0.15) is 18.2 Å². The lowest BCUT2D eigenvalue weighted by molar-refractivity contribution is -0.136. The number of nitrogens with one attached hydrogen (secondary N) is 3. The predicted molar refractivity (Wildman–Crippen MR) is 162 cm³/mol. The Bertz CT molecular complexity index is 1170. The van der Waals surface area contributed by atoms with Gasteiger partial charge in [-0.25, -0.2) is 4.79 Å². The number of rotatable bonds is 16. The molecule has 0 fully saturated rings. The lowest BCUT2D eigenvalue weighted by Gasteiger charge is -2.36. The molecule has 0 bridgehead atoms. The fraction of sp³-hybridized carbons (Fsp3) is 0.500. The molecule has 0 radical (unpaired) electrons. The lowest BCUT2D eigenvalue weighted by Crippen LogP contribution is -2.63. The van der Waals surface area contributed by atoms with Crippen molar-refractivity contribution in [3.63, 3.8) is 0 Å². The average Bonchev–Trinajstić information content (AvgIpc) is 2.96. The summed E-state index contributed by atoms with van der Waals surface area (Å²) < 4.78 is 5.38. The Morgan fingerprint density at radius 2 is 1.64 bits per heavy atom. The Balaban J connectivity index is 1.96. The number of hydrogen-bond acceptors (Lipinski definition) is 7. The van der Waals surface area contributed by atoms with E-state index in [-0.39, 0.29) is 31.9 Å². The summed E-state index contributed by atoms with van der Waals surface area (Å²) in [5.74, 6) is -2.55. The van der Waals surface area contributed by atoms with Crippen LogP contribution in [0, 0.1) is 11.8 Å². The molecular formula is C32H46N4O6. The number of amides is 4. The number of carbonyl (C=O) groups excluding carboxylic acids is 4. The van der Waals surface area contributed by atoms with Crippen molar-refractivity contribution in [3.8, 4) is 11.1 Å². The zero-order chi connectivity index (χ0) is 31.1. The van der Waals surface area contributed by atoms with E-state index in [9.17, 15) is 24.3 Å². The molecule has 0 aliphatic heterocycles. The molecule has 3 atom stereocenters. The Labute approximate surface area is 248 Å². The quantitative estimate of drug-likeness (QED) is 0.189. The minimum Gasteiger partial charge on any atom is -0.445 e. The van der Waals surface area contributed by atoms with Crippen LogP contribution in [0.25, 0.3) is 11.1 Å². The molecule has 2 aromatic rings. The second kappa shape index (κ2) is 17.3. The molecule has 0 aliphatic rings. The highest BCUT2D eigenvalue weighted by Gasteiger charge is 2.43. The van der Waals surface area contributed by atoms with Gasteiger partial charge >= 0.3 is 6.09 Å². The van der Waals surface area contributed by atoms with Crippen LogP contribution < -0.4 is 21.7 Å². The number of aliphatic hydroxyl groups is 1. The number of benzene rings is 2. The van der Waals surface area contributed by atoms with Crippen molar-refractivity contribution in [2.45, 2.75) is 78.0 Å². The number of nitrogens with two attached hydrogens (primary N) is 1. The van der Waals surface area contributed by atoms with Gasteiger partial charge in [0.2, 0.25) is 17.7 Å². The number of alkyl carbamates (subject to hydrolysis) is 1. The summed E-state index contributed by atoms with van der Waals surface area (Å²) in [7, 11) is 0. The maximum absolute atomic E-state index is 13.1. The topological polar surface area (TPSA) is 160 Å². The molecule has 0 spiro atoms. The van der Waals surface area contributed by atoms with Crippen LogP contribution in [0.15, 0.2) is 54.6 Å². The van der Waals surface area contributed by atoms with E-state index < -0.39 is 47.9 Å². The van der Waals surface area contributed by atoms with Crippen molar-refractivity contribution < 1.29 is 29.0 Å². The Hall–Kier alpha value is -3.76. The van der Waals surface area contributed by atoms with Crippen LogP contribution in [-0.2, 0) is 25.7 Å². The van der Waals surface area contributed by atoms with Gasteiger partial charge in [-0.1, -0.05) is 88.2 Å². The maximum atomic E-state index is 13.1. The van der Waals surface area contributed by atoms with Gasteiger partial charge in [-0.3, -0.25) is 19.7 Å². The number of carbonyl (C=O) groups is 4. The van der Waals surface area contributed by atoms with E-state index in [1.54, 1.807) is 0 Å². The SMILES string of the molecule is CCCCCC(=O)NC(=O)[C@@](N)(CC(C)C)C(CO)CNC(=O)[C@H](C)NC(=O)OCc1ccccc1-c1ccccc1. The van der Waals surface area contributed by atoms with E-state index in [1.165, 1.54) is 6.92 Å². The Kier molecular flexibility index (Phi) is 14.1. The molecule has 0 aromatic heterocycles. The molecule has 0 heterocycles. The summed E-state index contributed by atoms with van der Waals surface area (Å²) in [5, 5.41) is 17.7. The van der Waals surface area contributed by atoms with Crippen molar-refractivity contribution in [2.24, 2.45) is 17.6 Å². The Morgan fingerprint density at radius 3 is 2.29 bits per heavy atom. The minimum atomic E-state index is -1.60. The number of ether oxygens (including phenoxy) is 1. The molecule has 230 valence electrons. The molecule has 10 nitrogen and oxygen atoms in total. The van der Waals surface area contributed by atoms with E-state index in [2.05, 4.69) is 16.0 Å². The highest BCUT2D eigenvalue weighted by Crippen LogP contribution is 2.25. The molecule has 6 N–H and O–H groups in total. The van der Waals surface area contributed by atoms with Crippen LogP contribution in [0.4, 0.5) is 4.79 Å². The first-order valence-electron chi connectivity index (χ1n) is 14.6. The van der Waals surface area contributed by atoms with Gasteiger partial charge in [0.25, 0.3) is 0 Å². The first-order chi connectivity index (χ1) is 20.0. The van der Waals surface area contributed by atoms with Crippen molar-refractivity contribution >= 4 is 23.8 Å². The molecule has 10 heteroatoms. The fourth-order valence-corrected chi connectivity index (χ4v) is 4.72. The van der Waals surface area contributed by atoms with Gasteiger partial charge in [-0.15, -0.1) is 0 Å². The van der Waals surface area contributed by atoms with E-state index in [4.69, 9.17) is 10.5 Å². The van der Waals surface area contributed by atoms with Gasteiger partial charge < -0.3 is 26.2 Å². The van der Waals surface area contributed by atoms with Crippen LogP contribution >= 0.6 is 0 Å². The average molecular weight is 583 g/mol. The molecule has 42 heavy (non-hydrogen) atoms. The summed E-state index contributed by atoms with van der Waals surface area (Å²) >= 11 is 0. The first-order valence-corrected chi connectivity index (χ1v) is 14.6. The van der Waals surface area contributed by atoms with E-state index >= 15 is 0 Å². The smallest absolute Gasteiger partial charge is 0.408 e. The number of hydrogen-bond donors (Lipinski definition) is 5. The van der Waals surface area contributed by atoms with Crippen LogP contribution in [0.1, 0.15) is 65.4 Å². The van der Waals surface area contributed by atoms with Gasteiger partial charge in [-0.05, 0) is 42.4 Å². The molecule has 2 aromatic carbocycles. The highest BCUT2D eigenvalue weighted by molar-refractivity contribution is 6.00. The largest absolute Gasteiger partial charge is 0.445 e. The molecule has 1 unspecified atom stereocenters. The minimum absolute atomic E-state index is 0.00893. The zero-order valence-corrected chi connectivity index (χ0v) is 25.2. The lowest BCUT2D eigenvalue weighted by atomic mass is 9.77. The second-order valence-electron chi connectivity index (χ2n) is 11.1. The Morgan fingerprint density at radius 1 is 0.976 bits per heavy atom. The van der Waals surface area contributed by atoms with Crippen molar-refractivity contribution in [3.05, 3.63) is 60.2 Å². The molecule has 4 amide bonds. The fourth-order valence-electron chi connectivity index (χ4n) is 4.72. The maximum Gasteiger partial charge on any atom is 0.408 e. The molecular weight excluding hydrogens is 536 g/mol. The van der Waals surface area contributed by atoms with Gasteiger partial charge in [-0.2, -0.15) is 0 Å². The standard InChI is InChI=1S/C32H46N4O6/c1-5-6-8-17-28(38)36-30(40)32(33,18-22(2)3)26(20-37)19-34-29(39)23(4)35-31(41)42-21-25-15-11-12-16-27(25)24-13-9-7-10-14-24/h7,9-16,22-23,26,37H,5-6,8,17-21,33H2,1-4H3,(H,34,39)(H,35,41)(H,36,38,40)/t23-,26?,32+/m0/s1. The van der Waals surface area contributed by atoms with E-state index in [0.717, 1.165) is 29.5 Å². The number of aliphatic hydroxyl groups excluding tert-OH is 1. The number of imide groups is 1. The molecule has 0 aliphatic carbocycles. The monoisotopic (exact) mass is 582 g/mol. The summed E-state index contributed by atoms with van der Waals surface area (Å²) in [6.07, 6.45) is 2.08. The van der Waals surface area contributed by atoms with Crippen molar-refractivity contribution in [1.82, 2.24) is 16.0 Å². The van der Waals surface area contributed by atoms with E-state index in [1.807, 2.05) is 75.4 Å². The van der Waals surface area contributed by atoms with Crippen molar-refractivity contribution in [1.29, 1.82) is 0 Å². The summed E-state index contributed by atoms with van der Waals surface area (Å²) in [6.45, 7) is 6.64. The molecule has 0 saturated heterocycles. The molecule has 2 rings (SSSR count). The predicted octanol–water partition coefficient (Wildman–Crippen LogP) is 3.66. The second-order valence-corrected chi connectivity index (χ2v) is 11.1. The van der Waals surface area contributed by atoms with E-state index in [0.29, 0.717) is 6.42 Å². The normalized spacial score (nSPS) is 13.9. The summed E-state index contributed by atoms with van der Waals surface area (Å²) in [4.78, 5) is 50.7. The third kappa shape index (κ3) is 10.6. The summed E-state index contributed by atoms with van der Waals surface area (Å²) in [6, 6.07) is 16.3. The van der Waals surface area contributed by atoms with Crippen molar-refractivity contribution in [2.75, 3.05) is 13.2 Å². The van der Waals surface area contributed by atoms with Crippen LogP contribution in [0.2, 0.25) is 0 Å². The third-order valence-electron chi connectivity index (χ3n) is 7.09. The number of unbranched alkanes of at least 4 members (excludes halogenated alkanes) is 2.